The minimum atomic E-state index is -0.685. The van der Waals surface area contributed by atoms with Crippen molar-refractivity contribution < 1.29 is 4.74 Å². The molecule has 0 saturated carbocycles. The minimum absolute atomic E-state index is 0.0340. The zero-order valence-corrected chi connectivity index (χ0v) is 42.0. The molecular weight excluding hydrogens is 872 g/mol. The predicted molar refractivity (Wildman–Crippen MR) is 293 cm³/mol. The number of para-hydroxylation sites is 6. The molecule has 0 amide bonds. The Morgan fingerprint density at radius 1 is 0.264 bits per heavy atom. The highest BCUT2D eigenvalue weighted by atomic mass is 16.5. The zero-order valence-electron chi connectivity index (χ0n) is 42.0. The molecule has 0 N–H and O–H groups in total. The Morgan fingerprint density at radius 2 is 0.472 bits per heavy atom. The lowest BCUT2D eigenvalue weighted by Crippen LogP contribution is -2.70. The van der Waals surface area contributed by atoms with Crippen molar-refractivity contribution in [2.24, 2.45) is 0 Å². The fourth-order valence-corrected chi connectivity index (χ4v) is 17.5. The second-order valence-electron chi connectivity index (χ2n) is 24.6. The second-order valence-corrected chi connectivity index (χ2v) is 24.6. The van der Waals surface area contributed by atoms with Crippen LogP contribution in [0.3, 0.4) is 0 Å². The number of rotatable bonds is 0. The van der Waals surface area contributed by atoms with Gasteiger partial charge in [-0.1, -0.05) is 213 Å². The van der Waals surface area contributed by atoms with Crippen LogP contribution in [0.1, 0.15) is 144 Å². The summed E-state index contributed by atoms with van der Waals surface area (Å²) >= 11 is 0. The Morgan fingerprint density at radius 3 is 0.750 bits per heavy atom. The largest absolute Gasteiger partial charge is 0.458 e. The van der Waals surface area contributed by atoms with E-state index in [1.807, 2.05) is 0 Å². The van der Waals surface area contributed by atoms with Crippen LogP contribution in [-0.4, -0.2) is 6.71 Å². The van der Waals surface area contributed by atoms with Gasteiger partial charge in [0.2, 0.25) is 0 Å². The Hall–Kier alpha value is -7.56. The quantitative estimate of drug-likeness (QED) is 0.141. The summed E-state index contributed by atoms with van der Waals surface area (Å²) < 4.78 is 7.49. The van der Waals surface area contributed by atoms with Crippen LogP contribution < -0.4 is 30.9 Å². The van der Waals surface area contributed by atoms with Gasteiger partial charge in [0.25, 0.3) is 6.71 Å². The number of fused-ring (bicyclic) bond motifs is 8. The molecule has 9 aromatic rings. The van der Waals surface area contributed by atoms with E-state index >= 15 is 0 Å². The van der Waals surface area contributed by atoms with Crippen molar-refractivity contribution in [3.05, 3.63) is 253 Å². The molecule has 18 rings (SSSR count). The van der Waals surface area contributed by atoms with Crippen molar-refractivity contribution in [1.82, 2.24) is 0 Å². The number of benzene rings is 9. The molecule has 0 radical (unpaired) electrons. The van der Waals surface area contributed by atoms with Gasteiger partial charge in [0.15, 0.2) is 0 Å². The van der Waals surface area contributed by atoms with Crippen molar-refractivity contribution in [2.75, 3.05) is 9.80 Å². The van der Waals surface area contributed by atoms with Crippen LogP contribution in [-0.2, 0) is 32.5 Å². The van der Waals surface area contributed by atoms with Crippen molar-refractivity contribution >= 4 is 57.2 Å². The van der Waals surface area contributed by atoms with Crippen LogP contribution in [0.15, 0.2) is 164 Å². The first kappa shape index (κ1) is 39.1. The molecule has 0 saturated heterocycles. The van der Waals surface area contributed by atoms with E-state index in [2.05, 4.69) is 229 Å². The number of ether oxygens (including phenoxy) is 1. The van der Waals surface area contributed by atoms with Gasteiger partial charge in [-0.25, -0.2) is 0 Å². The molecule has 9 aliphatic rings. The standard InChI is InChI=1S/C68H51BN2O/c1-63(2)40-22-10-23-41-57(40)70-59-44(63)26-12-30-48(59)67(49-31-13-27-45(60(49)70)64(41,3)4)36-18-9-19-37-54(36)69-55-38(67)20-16-34-52(55)72-53-35-17-21-39(56(53)69)68(37)50-32-14-28-46-61(50)71-58-42(65(46,5)6)24-11-25-43(58)66(7,8)47-29-15-33-51(68)62(47)71/h9-35H,1-8H3. The first-order valence-corrected chi connectivity index (χ1v) is 26.3. The predicted octanol–water partition coefficient (Wildman–Crippen LogP) is 13.8. The van der Waals surface area contributed by atoms with Gasteiger partial charge in [-0.3, -0.25) is 0 Å². The summed E-state index contributed by atoms with van der Waals surface area (Å²) in [4.78, 5) is 5.45. The molecule has 4 heteroatoms. The lowest BCUT2D eigenvalue weighted by atomic mass is 9.25. The lowest BCUT2D eigenvalue weighted by molar-refractivity contribution is 0.483. The van der Waals surface area contributed by atoms with Gasteiger partial charge < -0.3 is 14.5 Å². The third-order valence-corrected chi connectivity index (χ3v) is 20.5. The average Bonchev–Trinajstić information content (AvgIpc) is 3.39. The summed E-state index contributed by atoms with van der Waals surface area (Å²) in [5.74, 6) is 1.94. The van der Waals surface area contributed by atoms with E-state index in [1.54, 1.807) is 0 Å². The van der Waals surface area contributed by atoms with E-state index in [0.717, 1.165) is 11.5 Å². The molecule has 0 aliphatic carbocycles. The fourth-order valence-electron chi connectivity index (χ4n) is 17.5. The smallest absolute Gasteiger partial charge is 0.252 e. The Labute approximate surface area is 421 Å². The van der Waals surface area contributed by atoms with Crippen LogP contribution in [0, 0.1) is 0 Å². The Kier molecular flexibility index (Phi) is 6.27. The average molecular weight is 923 g/mol. The highest BCUT2D eigenvalue weighted by Crippen LogP contribution is 2.71. The van der Waals surface area contributed by atoms with Gasteiger partial charge in [-0.05, 0) is 112 Å². The maximum Gasteiger partial charge on any atom is 0.252 e. The summed E-state index contributed by atoms with van der Waals surface area (Å²) in [5.41, 5.74) is 31.8. The summed E-state index contributed by atoms with van der Waals surface area (Å²) in [7, 11) is 0. The van der Waals surface area contributed by atoms with Crippen LogP contribution in [0.5, 0.6) is 11.5 Å². The highest BCUT2D eigenvalue weighted by Gasteiger charge is 2.64. The van der Waals surface area contributed by atoms with Gasteiger partial charge in [-0.2, -0.15) is 0 Å². The number of nitrogens with zero attached hydrogens (tertiary/aromatic N) is 2. The molecule has 0 atom stereocenters. The molecule has 3 nitrogen and oxygen atoms in total. The fraction of sp³-hybridized carbons (Fsp3) is 0.206. The van der Waals surface area contributed by atoms with E-state index < -0.39 is 10.8 Å². The number of anilines is 6. The zero-order chi connectivity index (χ0) is 48.1. The highest BCUT2D eigenvalue weighted by molar-refractivity contribution is 6.99. The molecule has 342 valence electrons. The first-order chi connectivity index (χ1) is 34.8. The topological polar surface area (TPSA) is 15.7 Å². The first-order valence-electron chi connectivity index (χ1n) is 26.3. The summed E-state index contributed by atoms with van der Waals surface area (Å²) in [5, 5.41) is 0. The van der Waals surface area contributed by atoms with Gasteiger partial charge in [-0.15, -0.1) is 0 Å². The maximum absolute atomic E-state index is 7.49. The van der Waals surface area contributed by atoms with Crippen LogP contribution >= 0.6 is 0 Å². The van der Waals surface area contributed by atoms with Crippen molar-refractivity contribution in [1.29, 1.82) is 0 Å². The summed E-state index contributed by atoms with van der Waals surface area (Å²) in [6.45, 7) is 19.7. The molecule has 9 heterocycles. The second kappa shape index (κ2) is 11.5. The van der Waals surface area contributed by atoms with Gasteiger partial charge in [0, 0.05) is 21.7 Å². The molecule has 0 fully saturated rings. The van der Waals surface area contributed by atoms with Gasteiger partial charge in [0.1, 0.15) is 11.5 Å². The molecule has 9 aliphatic heterocycles. The Balaban J connectivity index is 1.05. The molecule has 0 bridgehead atoms. The third kappa shape index (κ3) is 3.64. The van der Waals surface area contributed by atoms with E-state index in [4.69, 9.17) is 4.74 Å². The molecule has 72 heavy (non-hydrogen) atoms. The minimum Gasteiger partial charge on any atom is -0.458 e. The summed E-state index contributed by atoms with van der Waals surface area (Å²) in [6.07, 6.45) is 0. The van der Waals surface area contributed by atoms with Crippen molar-refractivity contribution in [3.63, 3.8) is 0 Å². The molecule has 0 aromatic heterocycles. The number of hydrogen-bond acceptors (Lipinski definition) is 3. The normalized spacial score (nSPS) is 19.8. The third-order valence-electron chi connectivity index (χ3n) is 20.5. The van der Waals surface area contributed by atoms with Crippen molar-refractivity contribution in [3.8, 4) is 11.5 Å². The molecule has 0 unspecified atom stereocenters. The van der Waals surface area contributed by atoms with Gasteiger partial charge >= 0.3 is 0 Å². The van der Waals surface area contributed by atoms with E-state index in [1.165, 1.54) is 140 Å². The van der Waals surface area contributed by atoms with Gasteiger partial charge in [0.05, 0.1) is 45.0 Å². The molecule has 2 spiro atoms. The summed E-state index contributed by atoms with van der Waals surface area (Å²) in [6, 6.07) is 65.0. The van der Waals surface area contributed by atoms with Crippen LogP contribution in [0.4, 0.5) is 34.1 Å². The van der Waals surface area contributed by atoms with Crippen LogP contribution in [0.2, 0.25) is 0 Å². The monoisotopic (exact) mass is 922 g/mol. The number of hydrogen-bond donors (Lipinski definition) is 0. The van der Waals surface area contributed by atoms with E-state index in [-0.39, 0.29) is 28.4 Å². The molecule has 9 aromatic carbocycles. The lowest BCUT2D eigenvalue weighted by Gasteiger charge is -2.60. The Bertz CT molecular complexity index is 3750. The maximum atomic E-state index is 7.49. The van der Waals surface area contributed by atoms with E-state index in [0.29, 0.717) is 0 Å². The SMILES string of the molecule is CC1(C)c2cccc3c2N2c4c1cccc4C1(c4cccc5c4B4c6c(cccc6C6(c7cccc1c74)c1cccc4c1N1c7c(cccc7C(C)(C)c7cccc6c71)C4(C)C)O5)c1cccc(c12)C3(C)C. The van der Waals surface area contributed by atoms with Crippen molar-refractivity contribution in [2.45, 2.75) is 87.9 Å². The van der Waals surface area contributed by atoms with Crippen LogP contribution in [0.25, 0.3) is 0 Å². The van der Waals surface area contributed by atoms with E-state index in [9.17, 15) is 0 Å². The molecular formula is C68H51BN2O.